The van der Waals surface area contributed by atoms with E-state index in [1.54, 1.807) is 33.9 Å². The molecule has 0 unspecified atom stereocenters. The highest BCUT2D eigenvalue weighted by molar-refractivity contribution is 5.76. The van der Waals surface area contributed by atoms with Gasteiger partial charge in [0.05, 0.1) is 19.8 Å². The van der Waals surface area contributed by atoms with Crippen LogP contribution < -0.4 is 11.0 Å². The van der Waals surface area contributed by atoms with Gasteiger partial charge in [0.1, 0.15) is 17.8 Å². The Kier molecular flexibility index (Phi) is 7.77. The Morgan fingerprint density at radius 3 is 2.72 bits per heavy atom. The van der Waals surface area contributed by atoms with Crippen LogP contribution in [0.4, 0.5) is 4.79 Å². The number of alkyl carbamates (subject to hydrolysis) is 1. The van der Waals surface area contributed by atoms with Crippen LogP contribution in [0, 0.1) is 0 Å². The van der Waals surface area contributed by atoms with Crippen LogP contribution in [0.2, 0.25) is 0 Å². The van der Waals surface area contributed by atoms with Gasteiger partial charge in [-0.05, 0) is 33.8 Å². The van der Waals surface area contributed by atoms with Gasteiger partial charge in [-0.25, -0.2) is 9.59 Å². The lowest BCUT2D eigenvalue weighted by molar-refractivity contribution is -0.143. The molecule has 0 bridgehead atoms. The minimum Gasteiger partial charge on any atom is -0.465 e. The fraction of sp³-hybridized carbons (Fsp3) is 0.579. The van der Waals surface area contributed by atoms with Crippen LogP contribution in [-0.4, -0.2) is 58.6 Å². The molecular formula is C19H28N4O6. The van der Waals surface area contributed by atoms with E-state index in [1.165, 1.54) is 4.57 Å². The van der Waals surface area contributed by atoms with Crippen LogP contribution in [0.5, 0.6) is 0 Å². The molecule has 0 saturated heterocycles. The van der Waals surface area contributed by atoms with Crippen LogP contribution in [0.3, 0.4) is 0 Å². The van der Waals surface area contributed by atoms with Crippen molar-refractivity contribution in [3.05, 3.63) is 28.4 Å². The molecule has 2 N–H and O–H groups in total. The molecule has 2 aromatic heterocycles. The number of fused-ring (bicyclic) bond motifs is 1. The van der Waals surface area contributed by atoms with Gasteiger partial charge in [0.25, 0.3) is 0 Å². The van der Waals surface area contributed by atoms with Crippen LogP contribution in [0.15, 0.2) is 17.1 Å². The zero-order valence-electron chi connectivity index (χ0n) is 17.2. The van der Waals surface area contributed by atoms with Crippen LogP contribution in [0.1, 0.15) is 33.4 Å². The Morgan fingerprint density at radius 2 is 2.03 bits per heavy atom. The Balaban J connectivity index is 1.80. The summed E-state index contributed by atoms with van der Waals surface area (Å²) in [5.41, 5.74) is 0.244. The maximum atomic E-state index is 12.0. The van der Waals surface area contributed by atoms with Crippen molar-refractivity contribution in [1.29, 1.82) is 0 Å². The van der Waals surface area contributed by atoms with Crippen LogP contribution in [-0.2, 0) is 32.0 Å². The van der Waals surface area contributed by atoms with Crippen LogP contribution in [0.25, 0.3) is 11.0 Å². The molecule has 0 aromatic carbocycles. The second-order valence-corrected chi connectivity index (χ2v) is 7.35. The third kappa shape index (κ3) is 7.57. The number of ether oxygens (including phenoxy) is 3. The minimum atomic E-state index is -0.535. The van der Waals surface area contributed by atoms with E-state index >= 15 is 0 Å². The Labute approximate surface area is 168 Å². The molecule has 0 aliphatic rings. The molecule has 10 heteroatoms. The molecule has 0 fully saturated rings. The first-order valence-electron chi connectivity index (χ1n) is 9.47. The summed E-state index contributed by atoms with van der Waals surface area (Å²) in [4.78, 5) is 42.1. The van der Waals surface area contributed by atoms with Crippen molar-refractivity contribution < 1.29 is 23.8 Å². The lowest BCUT2D eigenvalue weighted by atomic mass is 10.2. The predicted molar refractivity (Wildman–Crippen MR) is 106 cm³/mol. The summed E-state index contributed by atoms with van der Waals surface area (Å²) in [6.45, 7) is 8.30. The maximum absolute atomic E-state index is 12.0. The predicted octanol–water partition coefficient (Wildman–Crippen LogP) is 1.37. The van der Waals surface area contributed by atoms with Crippen LogP contribution >= 0.6 is 0 Å². The maximum Gasteiger partial charge on any atom is 0.407 e. The van der Waals surface area contributed by atoms with Crippen molar-refractivity contribution in [2.45, 2.75) is 46.3 Å². The fourth-order valence-corrected chi connectivity index (χ4v) is 2.51. The van der Waals surface area contributed by atoms with Crippen molar-refractivity contribution in [2.75, 3.05) is 26.4 Å². The Bertz CT molecular complexity index is 896. The van der Waals surface area contributed by atoms with Crippen molar-refractivity contribution in [1.82, 2.24) is 19.9 Å². The van der Waals surface area contributed by atoms with E-state index in [-0.39, 0.29) is 13.2 Å². The molecule has 29 heavy (non-hydrogen) atoms. The minimum absolute atomic E-state index is 0.177. The molecule has 0 spiro atoms. The molecule has 1 amide bonds. The molecule has 2 aromatic rings. The number of esters is 1. The summed E-state index contributed by atoms with van der Waals surface area (Å²) < 4.78 is 16.7. The van der Waals surface area contributed by atoms with E-state index < -0.39 is 23.4 Å². The molecule has 2 heterocycles. The number of carbonyl (C=O) groups is 2. The van der Waals surface area contributed by atoms with Gasteiger partial charge in [0.2, 0.25) is 0 Å². The number of hydrogen-bond acceptors (Lipinski definition) is 7. The number of hydrogen-bond donors (Lipinski definition) is 2. The van der Waals surface area contributed by atoms with Gasteiger partial charge in [0.15, 0.2) is 0 Å². The molecule has 160 valence electrons. The number of nitrogens with zero attached hydrogens (tertiary/aromatic N) is 2. The first kappa shape index (κ1) is 22.4. The molecule has 0 aliphatic carbocycles. The summed E-state index contributed by atoms with van der Waals surface area (Å²) in [5.74, 6) is -0.486. The smallest absolute Gasteiger partial charge is 0.407 e. The largest absolute Gasteiger partial charge is 0.465 e. The number of rotatable bonds is 9. The van der Waals surface area contributed by atoms with E-state index in [0.717, 1.165) is 11.1 Å². The van der Waals surface area contributed by atoms with Crippen molar-refractivity contribution in [3.63, 3.8) is 0 Å². The normalized spacial score (nSPS) is 11.4. The standard InChI is InChI=1S/C19H28N4O6/c1-5-28-15(24)12-23-11-13-10-14(21-16(13)22-17(23)25)6-8-27-9-7-20-18(26)29-19(2,3)4/h10-11H,5-9,12H2,1-4H3,(H,20,26)(H,21,22,25). The number of nitrogens with one attached hydrogen (secondary N) is 2. The monoisotopic (exact) mass is 408 g/mol. The molecule has 0 radical (unpaired) electrons. The number of aromatic nitrogens is 3. The zero-order valence-corrected chi connectivity index (χ0v) is 17.2. The molecule has 2 rings (SSSR count). The van der Waals surface area contributed by atoms with E-state index in [0.29, 0.717) is 31.8 Å². The number of carbonyl (C=O) groups excluding carboxylic acids is 2. The summed E-state index contributed by atoms with van der Waals surface area (Å²) in [5, 5.41) is 3.34. The van der Waals surface area contributed by atoms with Gasteiger partial charge in [-0.15, -0.1) is 0 Å². The van der Waals surface area contributed by atoms with Crippen molar-refractivity contribution in [2.24, 2.45) is 0 Å². The topological polar surface area (TPSA) is 125 Å². The third-order valence-corrected chi connectivity index (χ3v) is 3.67. The summed E-state index contributed by atoms with van der Waals surface area (Å²) in [7, 11) is 0. The van der Waals surface area contributed by atoms with Gasteiger partial charge in [-0.1, -0.05) is 0 Å². The fourth-order valence-electron chi connectivity index (χ4n) is 2.51. The second kappa shape index (κ2) is 10.1. The molecule has 0 aliphatic heterocycles. The number of amides is 1. The van der Waals surface area contributed by atoms with Crippen molar-refractivity contribution in [3.8, 4) is 0 Å². The average molecular weight is 408 g/mol. The highest BCUT2D eigenvalue weighted by Crippen LogP contribution is 2.12. The molecule has 0 atom stereocenters. The molecular weight excluding hydrogens is 380 g/mol. The SMILES string of the molecule is CCOC(=O)Cn1cc2cc(CCOCCNC(=O)OC(C)(C)C)[nH]c2nc1=O. The van der Waals surface area contributed by atoms with E-state index in [1.807, 2.05) is 6.07 Å². The summed E-state index contributed by atoms with van der Waals surface area (Å²) in [6, 6.07) is 1.85. The summed E-state index contributed by atoms with van der Waals surface area (Å²) in [6.07, 6.45) is 1.68. The Hall–Kier alpha value is -2.88. The molecule has 0 saturated carbocycles. The van der Waals surface area contributed by atoms with Gasteiger partial charge in [-0.2, -0.15) is 4.98 Å². The second-order valence-electron chi connectivity index (χ2n) is 7.35. The average Bonchev–Trinajstić information content (AvgIpc) is 2.98. The highest BCUT2D eigenvalue weighted by Gasteiger charge is 2.15. The van der Waals surface area contributed by atoms with E-state index in [4.69, 9.17) is 14.2 Å². The number of H-pyrrole nitrogens is 1. The van der Waals surface area contributed by atoms with Gasteiger partial charge in [-0.3, -0.25) is 9.36 Å². The Morgan fingerprint density at radius 1 is 1.28 bits per heavy atom. The van der Waals surface area contributed by atoms with Gasteiger partial charge < -0.3 is 24.5 Å². The number of aromatic amines is 1. The van der Waals surface area contributed by atoms with E-state index in [9.17, 15) is 14.4 Å². The molecule has 10 nitrogen and oxygen atoms in total. The highest BCUT2D eigenvalue weighted by atomic mass is 16.6. The lowest BCUT2D eigenvalue weighted by Crippen LogP contribution is -2.34. The van der Waals surface area contributed by atoms with Gasteiger partial charge in [0, 0.05) is 30.2 Å². The quantitative estimate of drug-likeness (QED) is 0.474. The van der Waals surface area contributed by atoms with Gasteiger partial charge >= 0.3 is 17.8 Å². The van der Waals surface area contributed by atoms with E-state index in [2.05, 4.69) is 15.3 Å². The first-order valence-corrected chi connectivity index (χ1v) is 9.47. The van der Waals surface area contributed by atoms with Crippen molar-refractivity contribution >= 4 is 23.1 Å². The summed E-state index contributed by atoms with van der Waals surface area (Å²) >= 11 is 0. The first-order chi connectivity index (χ1) is 13.7. The lowest BCUT2D eigenvalue weighted by Gasteiger charge is -2.19. The third-order valence-electron chi connectivity index (χ3n) is 3.67. The zero-order chi connectivity index (χ0) is 21.4.